The predicted octanol–water partition coefficient (Wildman–Crippen LogP) is 1.96. The number of thiol groups is 1. The Morgan fingerprint density at radius 1 is 1.36 bits per heavy atom. The van der Waals surface area contributed by atoms with Crippen LogP contribution in [0.15, 0.2) is 24.3 Å². The Bertz CT molecular complexity index is 364. The molecule has 0 amide bonds. The van der Waals surface area contributed by atoms with Crippen molar-refractivity contribution in [3.8, 4) is 0 Å². The number of benzene rings is 1. The van der Waals surface area contributed by atoms with Crippen molar-refractivity contribution in [2.75, 3.05) is 0 Å². The molecule has 0 heterocycles. The zero-order valence-corrected chi connectivity index (χ0v) is 8.63. The highest BCUT2D eigenvalue weighted by molar-refractivity contribution is 7.96. The molecule has 5 heteroatoms. The number of rotatable bonds is 3. The number of halogens is 1. The summed E-state index contributed by atoms with van der Waals surface area (Å²) in [6.07, 6.45) is 0. The van der Waals surface area contributed by atoms with Gasteiger partial charge in [0.15, 0.2) is 5.92 Å². The third-order valence-corrected chi connectivity index (χ3v) is 2.31. The lowest BCUT2D eigenvalue weighted by molar-refractivity contribution is -0.140. The van der Waals surface area contributed by atoms with E-state index in [2.05, 4.69) is 12.6 Å². The molecule has 0 aliphatic carbocycles. The third-order valence-electron chi connectivity index (χ3n) is 1.71. The molecule has 0 saturated heterocycles. The lowest BCUT2D eigenvalue weighted by atomic mass is 10.0. The number of hydrogen-bond acceptors (Lipinski definition) is 2. The molecule has 1 atom stereocenters. The van der Waals surface area contributed by atoms with Gasteiger partial charge in [-0.05, 0) is 11.6 Å². The summed E-state index contributed by atoms with van der Waals surface area (Å²) in [6.45, 7) is 0. The van der Waals surface area contributed by atoms with E-state index in [-0.39, 0.29) is 10.6 Å². The van der Waals surface area contributed by atoms with Crippen LogP contribution >= 0.6 is 24.2 Å². The molecule has 14 heavy (non-hydrogen) atoms. The number of carbonyl (C=O) groups is 2. The first-order chi connectivity index (χ1) is 6.54. The molecule has 0 saturated carbocycles. The first kappa shape index (κ1) is 11.1. The van der Waals surface area contributed by atoms with Crippen LogP contribution in [0.1, 0.15) is 11.5 Å². The third kappa shape index (κ3) is 2.27. The molecule has 1 N–H and O–H groups in total. The van der Waals surface area contributed by atoms with Crippen molar-refractivity contribution in [3.05, 3.63) is 34.9 Å². The molecule has 0 aliphatic rings. The molecule has 0 aromatic heterocycles. The number of carboxylic acids is 1. The minimum atomic E-state index is -1.30. The number of carbonyl (C=O) groups excluding carboxylic acids is 1. The highest BCUT2D eigenvalue weighted by Crippen LogP contribution is 2.26. The maximum atomic E-state index is 11.0. The van der Waals surface area contributed by atoms with Gasteiger partial charge in [0.25, 0.3) is 0 Å². The number of hydrogen-bond donors (Lipinski definition) is 2. The molecular formula is C9H7ClO3S. The zero-order chi connectivity index (χ0) is 10.7. The quantitative estimate of drug-likeness (QED) is 0.617. The Balaban J connectivity index is 3.18. The van der Waals surface area contributed by atoms with Crippen LogP contribution in [0.25, 0.3) is 0 Å². The van der Waals surface area contributed by atoms with Crippen LogP contribution in [0.5, 0.6) is 0 Å². The first-order valence-corrected chi connectivity index (χ1v) is 4.56. The van der Waals surface area contributed by atoms with Gasteiger partial charge in [0.2, 0.25) is 5.12 Å². The number of carboxylic acid groups (broad SMARTS) is 1. The molecule has 1 aromatic carbocycles. The summed E-state index contributed by atoms with van der Waals surface area (Å²) < 4.78 is 0. The van der Waals surface area contributed by atoms with Gasteiger partial charge >= 0.3 is 5.97 Å². The second-order valence-electron chi connectivity index (χ2n) is 2.63. The molecule has 0 fully saturated rings. The average Bonchev–Trinajstić information content (AvgIpc) is 2.07. The van der Waals surface area contributed by atoms with Crippen molar-refractivity contribution in [1.29, 1.82) is 0 Å². The van der Waals surface area contributed by atoms with E-state index in [0.29, 0.717) is 0 Å². The van der Waals surface area contributed by atoms with Crippen LogP contribution in [0, 0.1) is 0 Å². The highest BCUT2D eigenvalue weighted by atomic mass is 35.5. The summed E-state index contributed by atoms with van der Waals surface area (Å²) in [5, 5.41) is 8.31. The van der Waals surface area contributed by atoms with Crippen LogP contribution in [-0.4, -0.2) is 16.2 Å². The van der Waals surface area contributed by atoms with E-state index in [1.165, 1.54) is 12.1 Å². The highest BCUT2D eigenvalue weighted by Gasteiger charge is 2.27. The van der Waals surface area contributed by atoms with Crippen LogP contribution < -0.4 is 0 Å². The van der Waals surface area contributed by atoms with E-state index >= 15 is 0 Å². The van der Waals surface area contributed by atoms with Gasteiger partial charge in [-0.1, -0.05) is 29.8 Å². The zero-order valence-electron chi connectivity index (χ0n) is 6.98. The fourth-order valence-electron chi connectivity index (χ4n) is 1.08. The van der Waals surface area contributed by atoms with E-state index in [9.17, 15) is 9.59 Å². The molecule has 0 aliphatic heterocycles. The summed E-state index contributed by atoms with van der Waals surface area (Å²) in [5.74, 6) is -2.55. The molecule has 0 bridgehead atoms. The topological polar surface area (TPSA) is 54.4 Å². The second-order valence-corrected chi connectivity index (χ2v) is 3.48. The maximum absolute atomic E-state index is 11.0. The Morgan fingerprint density at radius 3 is 2.36 bits per heavy atom. The van der Waals surface area contributed by atoms with Crippen molar-refractivity contribution in [3.63, 3.8) is 0 Å². The average molecular weight is 231 g/mol. The Kier molecular flexibility index (Phi) is 3.55. The van der Waals surface area contributed by atoms with Crippen LogP contribution in [-0.2, 0) is 9.59 Å². The summed E-state index contributed by atoms with van der Waals surface area (Å²) in [7, 11) is 0. The van der Waals surface area contributed by atoms with E-state index in [4.69, 9.17) is 16.7 Å². The smallest absolute Gasteiger partial charge is 0.319 e. The minimum absolute atomic E-state index is 0.252. The van der Waals surface area contributed by atoms with Crippen molar-refractivity contribution in [1.82, 2.24) is 0 Å². The molecule has 1 unspecified atom stereocenters. The van der Waals surface area contributed by atoms with E-state index in [1.54, 1.807) is 12.1 Å². The second kappa shape index (κ2) is 4.48. The summed E-state index contributed by atoms with van der Waals surface area (Å²) in [6, 6.07) is 6.31. The van der Waals surface area contributed by atoms with Gasteiger partial charge < -0.3 is 5.11 Å². The number of aliphatic carboxylic acids is 1. The fourth-order valence-corrected chi connectivity index (χ4v) is 1.58. The molecule has 0 radical (unpaired) electrons. The molecule has 3 nitrogen and oxygen atoms in total. The Morgan fingerprint density at radius 2 is 1.93 bits per heavy atom. The van der Waals surface area contributed by atoms with Crippen molar-refractivity contribution >= 4 is 35.3 Å². The Hall–Kier alpha value is -1.00. The summed E-state index contributed by atoms with van der Waals surface area (Å²) in [5.41, 5.74) is 0.265. The van der Waals surface area contributed by atoms with Gasteiger partial charge in [-0.25, -0.2) is 0 Å². The van der Waals surface area contributed by atoms with Gasteiger partial charge in [0, 0.05) is 5.02 Å². The predicted molar refractivity (Wildman–Crippen MR) is 55.8 cm³/mol. The largest absolute Gasteiger partial charge is 0.480 e. The van der Waals surface area contributed by atoms with Gasteiger partial charge in [-0.15, -0.1) is 12.6 Å². The minimum Gasteiger partial charge on any atom is -0.480 e. The van der Waals surface area contributed by atoms with Crippen molar-refractivity contribution in [2.24, 2.45) is 0 Å². The maximum Gasteiger partial charge on any atom is 0.319 e. The molecule has 0 spiro atoms. The van der Waals surface area contributed by atoms with Gasteiger partial charge in [-0.2, -0.15) is 0 Å². The monoisotopic (exact) mass is 230 g/mol. The Labute approximate surface area is 91.1 Å². The molecular weight excluding hydrogens is 224 g/mol. The van der Waals surface area contributed by atoms with Gasteiger partial charge in [0.1, 0.15) is 0 Å². The van der Waals surface area contributed by atoms with Gasteiger partial charge in [-0.3, -0.25) is 9.59 Å². The van der Waals surface area contributed by atoms with E-state index in [1.807, 2.05) is 0 Å². The lowest BCUT2D eigenvalue weighted by Gasteiger charge is -2.09. The first-order valence-electron chi connectivity index (χ1n) is 3.74. The SMILES string of the molecule is O=C(O)C(C(=O)S)c1ccccc1Cl. The molecule has 74 valence electrons. The fraction of sp³-hybridized carbons (Fsp3) is 0.111. The van der Waals surface area contributed by atoms with E-state index < -0.39 is 17.0 Å². The van der Waals surface area contributed by atoms with Crippen molar-refractivity contribution < 1.29 is 14.7 Å². The standard InChI is InChI=1S/C9H7ClO3S/c10-6-4-2-1-3-5(6)7(8(11)12)9(13)14/h1-4,7H,(H,11,12)(H,13,14). The summed E-state index contributed by atoms with van der Waals surface area (Å²) >= 11 is 9.27. The molecule has 1 rings (SSSR count). The van der Waals surface area contributed by atoms with E-state index in [0.717, 1.165) is 0 Å². The van der Waals surface area contributed by atoms with Crippen LogP contribution in [0.2, 0.25) is 5.02 Å². The van der Waals surface area contributed by atoms with Gasteiger partial charge in [0.05, 0.1) is 0 Å². The summed E-state index contributed by atoms with van der Waals surface area (Å²) in [4.78, 5) is 21.7. The van der Waals surface area contributed by atoms with Crippen molar-refractivity contribution in [2.45, 2.75) is 5.92 Å². The van der Waals surface area contributed by atoms with Crippen LogP contribution in [0.3, 0.4) is 0 Å². The molecule has 1 aromatic rings. The lowest BCUT2D eigenvalue weighted by Crippen LogP contribution is -2.18. The van der Waals surface area contributed by atoms with Crippen LogP contribution in [0.4, 0.5) is 0 Å². The normalized spacial score (nSPS) is 12.1.